The molecule has 5 rings (SSSR count). The van der Waals surface area contributed by atoms with Crippen molar-refractivity contribution in [2.24, 2.45) is 0 Å². The maximum Gasteiger partial charge on any atom is 0.278 e. The molecule has 0 saturated carbocycles. The third-order valence-electron chi connectivity index (χ3n) is 4.60. The molecule has 0 aliphatic carbocycles. The fourth-order valence-electron chi connectivity index (χ4n) is 3.18. The molecule has 3 heterocycles. The third kappa shape index (κ3) is 3.19. The van der Waals surface area contributed by atoms with Crippen LogP contribution in [0.2, 0.25) is 5.02 Å². The second-order valence-electron chi connectivity index (χ2n) is 6.49. The van der Waals surface area contributed by atoms with Crippen LogP contribution in [0.3, 0.4) is 0 Å². The Bertz CT molecular complexity index is 1140. The fraction of sp³-hybridized carbons (Fsp3) is 0.150. The van der Waals surface area contributed by atoms with Crippen molar-refractivity contribution in [3.8, 4) is 23.0 Å². The van der Waals surface area contributed by atoms with E-state index in [0.717, 1.165) is 11.3 Å². The largest absolute Gasteiger partial charge is 0.365 e. The maximum atomic E-state index is 13.4. The van der Waals surface area contributed by atoms with Crippen molar-refractivity contribution in [2.45, 2.75) is 19.3 Å². The highest BCUT2D eigenvalue weighted by Crippen LogP contribution is 2.30. The molecule has 28 heavy (non-hydrogen) atoms. The first-order valence-electron chi connectivity index (χ1n) is 8.69. The molecule has 0 amide bonds. The first kappa shape index (κ1) is 17.1. The van der Waals surface area contributed by atoms with Crippen LogP contribution in [-0.4, -0.2) is 19.9 Å². The van der Waals surface area contributed by atoms with Gasteiger partial charge in [-0.1, -0.05) is 41.0 Å². The summed E-state index contributed by atoms with van der Waals surface area (Å²) in [4.78, 5) is 4.35. The zero-order valence-electron chi connectivity index (χ0n) is 14.5. The van der Waals surface area contributed by atoms with Gasteiger partial charge in [-0.05, 0) is 35.9 Å². The molecule has 2 aromatic carbocycles. The van der Waals surface area contributed by atoms with Gasteiger partial charge in [-0.25, -0.2) is 4.39 Å². The highest BCUT2D eigenvalue weighted by molar-refractivity contribution is 6.30. The van der Waals surface area contributed by atoms with Crippen molar-refractivity contribution in [1.82, 2.24) is 19.9 Å². The van der Waals surface area contributed by atoms with E-state index >= 15 is 0 Å². The van der Waals surface area contributed by atoms with Gasteiger partial charge in [-0.3, -0.25) is 4.68 Å². The van der Waals surface area contributed by atoms with Gasteiger partial charge in [0.2, 0.25) is 5.82 Å². The molecule has 0 N–H and O–H groups in total. The number of fused-ring (bicyclic) bond motifs is 1. The number of hydrogen-bond donors (Lipinski definition) is 0. The topological polar surface area (TPSA) is 66.0 Å². The van der Waals surface area contributed by atoms with Crippen LogP contribution in [-0.2, 0) is 17.9 Å². The van der Waals surface area contributed by atoms with Crippen LogP contribution in [0.5, 0.6) is 0 Å². The van der Waals surface area contributed by atoms with E-state index < -0.39 is 0 Å². The van der Waals surface area contributed by atoms with E-state index in [1.165, 1.54) is 12.1 Å². The summed E-state index contributed by atoms with van der Waals surface area (Å²) in [6, 6.07) is 15.5. The summed E-state index contributed by atoms with van der Waals surface area (Å²) in [5, 5.41) is 9.20. The first-order chi connectivity index (χ1) is 13.7. The minimum Gasteiger partial charge on any atom is -0.365 e. The number of benzene rings is 2. The molecule has 0 radical (unpaired) electrons. The Morgan fingerprint density at radius 1 is 1.11 bits per heavy atom. The van der Waals surface area contributed by atoms with E-state index in [0.29, 0.717) is 35.3 Å². The molecule has 0 saturated heterocycles. The molecule has 1 atom stereocenters. The van der Waals surface area contributed by atoms with Gasteiger partial charge in [0.25, 0.3) is 5.89 Å². The summed E-state index contributed by atoms with van der Waals surface area (Å²) in [7, 11) is 0. The molecule has 1 aliphatic rings. The molecule has 8 heteroatoms. The van der Waals surface area contributed by atoms with Gasteiger partial charge in [0.1, 0.15) is 11.9 Å². The number of nitrogens with zero attached hydrogens (tertiary/aromatic N) is 4. The van der Waals surface area contributed by atoms with Crippen LogP contribution < -0.4 is 0 Å². The Labute approximate surface area is 164 Å². The summed E-state index contributed by atoms with van der Waals surface area (Å²) >= 11 is 5.96. The molecule has 1 aliphatic heterocycles. The predicted molar refractivity (Wildman–Crippen MR) is 99.9 cm³/mol. The van der Waals surface area contributed by atoms with Gasteiger partial charge in [0.15, 0.2) is 5.69 Å². The SMILES string of the molecule is Fc1cccc(-c2noc(-c3cc4n(n3)CC(c3ccc(Cl)cc3)OC4)n2)c1. The van der Waals surface area contributed by atoms with E-state index in [4.69, 9.17) is 20.9 Å². The van der Waals surface area contributed by atoms with Gasteiger partial charge in [0, 0.05) is 10.6 Å². The number of aromatic nitrogens is 4. The van der Waals surface area contributed by atoms with Gasteiger partial charge >= 0.3 is 0 Å². The van der Waals surface area contributed by atoms with Crippen molar-refractivity contribution in [1.29, 1.82) is 0 Å². The lowest BCUT2D eigenvalue weighted by Gasteiger charge is -2.24. The number of rotatable bonds is 3. The van der Waals surface area contributed by atoms with E-state index in [9.17, 15) is 4.39 Å². The second-order valence-corrected chi connectivity index (χ2v) is 6.92. The normalized spacial score (nSPS) is 16.1. The molecule has 0 fully saturated rings. The molecule has 4 aromatic rings. The van der Waals surface area contributed by atoms with Crippen LogP contribution >= 0.6 is 11.6 Å². The average Bonchev–Trinajstić information content (AvgIpc) is 3.35. The van der Waals surface area contributed by atoms with Crippen LogP contribution in [0.15, 0.2) is 59.1 Å². The minimum absolute atomic E-state index is 0.108. The first-order valence-corrected chi connectivity index (χ1v) is 9.07. The third-order valence-corrected chi connectivity index (χ3v) is 4.86. The van der Waals surface area contributed by atoms with Crippen molar-refractivity contribution in [3.05, 3.63) is 76.7 Å². The van der Waals surface area contributed by atoms with Gasteiger partial charge < -0.3 is 9.26 Å². The van der Waals surface area contributed by atoms with E-state index in [2.05, 4.69) is 15.2 Å². The highest BCUT2D eigenvalue weighted by atomic mass is 35.5. The lowest BCUT2D eigenvalue weighted by molar-refractivity contribution is -0.00112. The van der Waals surface area contributed by atoms with Crippen molar-refractivity contribution >= 4 is 11.6 Å². The molecule has 6 nitrogen and oxygen atoms in total. The molecule has 140 valence electrons. The van der Waals surface area contributed by atoms with Crippen molar-refractivity contribution in [2.75, 3.05) is 0 Å². The molecule has 2 aromatic heterocycles. The Balaban J connectivity index is 1.40. The van der Waals surface area contributed by atoms with Crippen molar-refractivity contribution in [3.63, 3.8) is 0 Å². The Morgan fingerprint density at radius 2 is 1.96 bits per heavy atom. The Hall–Kier alpha value is -3.03. The summed E-state index contributed by atoms with van der Waals surface area (Å²) in [5.74, 6) is 0.242. The fourth-order valence-corrected chi connectivity index (χ4v) is 3.31. The van der Waals surface area contributed by atoms with Crippen molar-refractivity contribution < 1.29 is 13.7 Å². The van der Waals surface area contributed by atoms with Gasteiger partial charge in [0.05, 0.1) is 18.8 Å². The predicted octanol–water partition coefficient (Wildman–Crippen LogP) is 4.66. The quantitative estimate of drug-likeness (QED) is 0.503. The zero-order chi connectivity index (χ0) is 19.1. The minimum atomic E-state index is -0.355. The van der Waals surface area contributed by atoms with E-state index in [-0.39, 0.29) is 17.8 Å². The molecular weight excluding hydrogens is 383 g/mol. The summed E-state index contributed by atoms with van der Waals surface area (Å²) in [5.41, 5.74) is 3.07. The Kier molecular flexibility index (Phi) is 4.18. The van der Waals surface area contributed by atoms with Crippen LogP contribution in [0.4, 0.5) is 4.39 Å². The Morgan fingerprint density at radius 3 is 2.79 bits per heavy atom. The summed E-state index contributed by atoms with van der Waals surface area (Å²) in [6.07, 6.45) is -0.108. The smallest absolute Gasteiger partial charge is 0.278 e. The number of hydrogen-bond acceptors (Lipinski definition) is 5. The molecule has 1 unspecified atom stereocenters. The van der Waals surface area contributed by atoms with E-state index in [1.807, 2.05) is 35.0 Å². The van der Waals surface area contributed by atoms with Crippen LogP contribution in [0.25, 0.3) is 23.0 Å². The van der Waals surface area contributed by atoms with Gasteiger partial charge in [-0.15, -0.1) is 0 Å². The molecular formula is C20H14ClFN4O2. The monoisotopic (exact) mass is 396 g/mol. The van der Waals surface area contributed by atoms with Crippen LogP contribution in [0.1, 0.15) is 17.4 Å². The highest BCUT2D eigenvalue weighted by Gasteiger charge is 2.24. The zero-order valence-corrected chi connectivity index (χ0v) is 15.3. The summed E-state index contributed by atoms with van der Waals surface area (Å²) in [6.45, 7) is 0.993. The lowest BCUT2D eigenvalue weighted by atomic mass is 10.1. The second kappa shape index (κ2) is 6.85. The summed E-state index contributed by atoms with van der Waals surface area (Å²) < 4.78 is 26.6. The van der Waals surface area contributed by atoms with Crippen LogP contribution in [0, 0.1) is 5.82 Å². The number of ether oxygens (including phenoxy) is 1. The van der Waals surface area contributed by atoms with Gasteiger partial charge in [-0.2, -0.15) is 10.1 Å². The lowest BCUT2D eigenvalue weighted by Crippen LogP contribution is -2.21. The molecule has 0 spiro atoms. The van der Waals surface area contributed by atoms with E-state index in [1.54, 1.807) is 12.1 Å². The average molecular weight is 397 g/mol. The number of halogens is 2. The molecule has 0 bridgehead atoms. The maximum absolute atomic E-state index is 13.4. The standard InChI is InChI=1S/C20H14ClFN4O2/c21-14-6-4-12(5-7-14)18-10-26-16(11-27-18)9-17(24-26)20-23-19(25-28-20)13-2-1-3-15(22)8-13/h1-9,18H,10-11H2.